The summed E-state index contributed by atoms with van der Waals surface area (Å²) in [6.45, 7) is 1.78. The zero-order valence-corrected chi connectivity index (χ0v) is 13.0. The fourth-order valence-corrected chi connectivity index (χ4v) is 2.36. The molecule has 0 spiro atoms. The molecule has 2 heterocycles. The Morgan fingerprint density at radius 1 is 1.25 bits per heavy atom. The molecule has 0 aliphatic carbocycles. The Balaban J connectivity index is 1.88. The molecule has 0 radical (unpaired) electrons. The number of nitrogens with one attached hydrogen (secondary N) is 1. The zero-order chi connectivity index (χ0) is 17.5. The number of anilines is 1. The fraction of sp³-hybridized carbons (Fsp3) is 0.133. The molecule has 2 aromatic heterocycles. The summed E-state index contributed by atoms with van der Waals surface area (Å²) >= 11 is 5.55. The number of alkyl halides is 3. The van der Waals surface area contributed by atoms with E-state index in [1.807, 2.05) is 0 Å². The van der Waals surface area contributed by atoms with Gasteiger partial charge in [0.05, 0.1) is 22.5 Å². The van der Waals surface area contributed by atoms with E-state index < -0.39 is 22.7 Å². The van der Waals surface area contributed by atoms with Crippen LogP contribution in [-0.2, 0) is 6.18 Å². The number of fused-ring (bicyclic) bond motifs is 1. The number of benzene rings is 1. The maximum Gasteiger partial charge on any atom is 0.417 e. The van der Waals surface area contributed by atoms with E-state index in [-0.39, 0.29) is 11.4 Å². The molecule has 0 fully saturated rings. The minimum atomic E-state index is -4.61. The van der Waals surface area contributed by atoms with Crippen LogP contribution >= 0.6 is 11.6 Å². The second kappa shape index (κ2) is 5.79. The Morgan fingerprint density at radius 3 is 2.71 bits per heavy atom. The molecular formula is C15H10ClF3N4O. The van der Waals surface area contributed by atoms with Crippen LogP contribution in [0.5, 0.6) is 0 Å². The lowest BCUT2D eigenvalue weighted by Gasteiger charge is -2.11. The maximum absolute atomic E-state index is 12.8. The number of carbonyl (C=O) groups excluding carboxylic acids is 1. The number of halogens is 4. The van der Waals surface area contributed by atoms with Crippen molar-refractivity contribution >= 4 is 28.8 Å². The van der Waals surface area contributed by atoms with Crippen molar-refractivity contribution in [3.63, 3.8) is 0 Å². The molecule has 1 N–H and O–H groups in total. The third-order valence-corrected chi connectivity index (χ3v) is 3.53. The van der Waals surface area contributed by atoms with E-state index >= 15 is 0 Å². The molecule has 0 unspecified atom stereocenters. The first-order valence-corrected chi connectivity index (χ1v) is 7.13. The average molecular weight is 355 g/mol. The molecule has 0 atom stereocenters. The second-order valence-electron chi connectivity index (χ2n) is 5.05. The minimum absolute atomic E-state index is 0.0274. The first-order chi connectivity index (χ1) is 11.2. The number of carbonyl (C=O) groups is 1. The first-order valence-electron chi connectivity index (χ1n) is 6.75. The third kappa shape index (κ3) is 3.18. The number of amides is 1. The predicted molar refractivity (Wildman–Crippen MR) is 82.1 cm³/mol. The van der Waals surface area contributed by atoms with Crippen LogP contribution in [0.3, 0.4) is 0 Å². The summed E-state index contributed by atoms with van der Waals surface area (Å²) in [7, 11) is 0. The number of hydrogen-bond acceptors (Lipinski definition) is 3. The number of aryl methyl sites for hydroxylation is 1. The molecule has 9 heteroatoms. The summed E-state index contributed by atoms with van der Waals surface area (Å²) in [6.07, 6.45) is -2.97. The highest BCUT2D eigenvalue weighted by atomic mass is 35.5. The molecule has 1 aromatic carbocycles. The Labute approximate surface area is 139 Å². The molecule has 0 bridgehead atoms. The van der Waals surface area contributed by atoms with Gasteiger partial charge in [-0.15, -0.1) is 0 Å². The quantitative estimate of drug-likeness (QED) is 0.757. The average Bonchev–Trinajstić information content (AvgIpc) is 2.87. The van der Waals surface area contributed by atoms with E-state index in [0.29, 0.717) is 5.65 Å². The van der Waals surface area contributed by atoms with Crippen molar-refractivity contribution in [2.75, 3.05) is 5.32 Å². The van der Waals surface area contributed by atoms with Crippen molar-refractivity contribution in [2.24, 2.45) is 0 Å². The van der Waals surface area contributed by atoms with Gasteiger partial charge in [0.25, 0.3) is 5.91 Å². The Kier molecular flexibility index (Phi) is 3.92. The molecule has 0 saturated carbocycles. The Hall–Kier alpha value is -2.61. The number of imidazole rings is 1. The summed E-state index contributed by atoms with van der Waals surface area (Å²) in [5.74, 6) is -0.640. The van der Waals surface area contributed by atoms with E-state index in [4.69, 9.17) is 11.6 Å². The van der Waals surface area contributed by atoms with Crippen LogP contribution in [0, 0.1) is 6.92 Å². The normalized spacial score (nSPS) is 11.7. The summed E-state index contributed by atoms with van der Waals surface area (Å²) in [5, 5.41) is 6.01. The molecule has 3 aromatic rings. The monoisotopic (exact) mass is 354 g/mol. The number of nitrogens with zero attached hydrogens (tertiary/aromatic N) is 3. The van der Waals surface area contributed by atoms with Gasteiger partial charge in [-0.25, -0.2) is 9.50 Å². The van der Waals surface area contributed by atoms with Crippen LogP contribution in [0.25, 0.3) is 5.65 Å². The van der Waals surface area contributed by atoms with E-state index in [2.05, 4.69) is 15.4 Å². The zero-order valence-electron chi connectivity index (χ0n) is 12.2. The third-order valence-electron chi connectivity index (χ3n) is 3.20. The number of aromatic nitrogens is 3. The molecular weight excluding hydrogens is 345 g/mol. The molecule has 3 rings (SSSR count). The van der Waals surface area contributed by atoms with Crippen LogP contribution in [0.4, 0.5) is 18.9 Å². The van der Waals surface area contributed by atoms with Gasteiger partial charge in [-0.05, 0) is 37.3 Å². The van der Waals surface area contributed by atoms with E-state index in [1.165, 1.54) is 16.6 Å². The van der Waals surface area contributed by atoms with Gasteiger partial charge in [0, 0.05) is 5.69 Å². The number of hydrogen-bond donors (Lipinski definition) is 1. The van der Waals surface area contributed by atoms with Crippen molar-refractivity contribution in [1.82, 2.24) is 14.6 Å². The standard InChI is InChI=1S/C15H10ClF3N4O/c1-8-7-23-13(20-8)5-4-12(22-23)14(24)21-9-2-3-11(16)10(6-9)15(17,18)19/h2-7H,1H3,(H,21,24). The van der Waals surface area contributed by atoms with Crippen LogP contribution in [0.15, 0.2) is 36.5 Å². The van der Waals surface area contributed by atoms with Gasteiger partial charge in [0.2, 0.25) is 0 Å². The smallest absolute Gasteiger partial charge is 0.321 e. The lowest BCUT2D eigenvalue weighted by molar-refractivity contribution is -0.137. The minimum Gasteiger partial charge on any atom is -0.321 e. The van der Waals surface area contributed by atoms with Crippen molar-refractivity contribution < 1.29 is 18.0 Å². The van der Waals surface area contributed by atoms with Gasteiger partial charge in [0.1, 0.15) is 5.69 Å². The molecule has 1 amide bonds. The highest BCUT2D eigenvalue weighted by Crippen LogP contribution is 2.36. The maximum atomic E-state index is 12.8. The van der Waals surface area contributed by atoms with E-state index in [0.717, 1.165) is 17.8 Å². The summed E-state index contributed by atoms with van der Waals surface area (Å²) in [4.78, 5) is 16.4. The fourth-order valence-electron chi connectivity index (χ4n) is 2.14. The first kappa shape index (κ1) is 16.3. The lowest BCUT2D eigenvalue weighted by atomic mass is 10.2. The van der Waals surface area contributed by atoms with Gasteiger partial charge < -0.3 is 5.32 Å². The highest BCUT2D eigenvalue weighted by Gasteiger charge is 2.33. The molecule has 0 saturated heterocycles. The predicted octanol–water partition coefficient (Wildman–Crippen LogP) is 3.96. The molecule has 5 nitrogen and oxygen atoms in total. The summed E-state index contributed by atoms with van der Waals surface area (Å²) in [5.41, 5.74) is 0.293. The van der Waals surface area contributed by atoms with Crippen molar-refractivity contribution in [1.29, 1.82) is 0 Å². The Morgan fingerprint density at radius 2 is 2.00 bits per heavy atom. The van der Waals surface area contributed by atoms with Gasteiger partial charge in [-0.2, -0.15) is 18.3 Å². The Bertz CT molecular complexity index is 936. The number of rotatable bonds is 2. The van der Waals surface area contributed by atoms with Crippen LogP contribution in [0.2, 0.25) is 5.02 Å². The molecule has 0 aliphatic heterocycles. The van der Waals surface area contributed by atoms with Gasteiger partial charge in [0.15, 0.2) is 5.65 Å². The van der Waals surface area contributed by atoms with E-state index in [1.54, 1.807) is 19.2 Å². The van der Waals surface area contributed by atoms with Crippen LogP contribution in [0.1, 0.15) is 21.7 Å². The van der Waals surface area contributed by atoms with Crippen molar-refractivity contribution in [3.05, 3.63) is 58.5 Å². The summed E-state index contributed by atoms with van der Waals surface area (Å²) in [6, 6.07) is 6.18. The largest absolute Gasteiger partial charge is 0.417 e. The second-order valence-corrected chi connectivity index (χ2v) is 5.46. The summed E-state index contributed by atoms with van der Waals surface area (Å²) < 4.78 is 40.0. The molecule has 24 heavy (non-hydrogen) atoms. The van der Waals surface area contributed by atoms with Gasteiger partial charge >= 0.3 is 6.18 Å². The van der Waals surface area contributed by atoms with Gasteiger partial charge in [-0.3, -0.25) is 4.79 Å². The highest BCUT2D eigenvalue weighted by molar-refractivity contribution is 6.31. The van der Waals surface area contributed by atoms with Crippen LogP contribution < -0.4 is 5.32 Å². The molecule has 0 aliphatic rings. The SMILES string of the molecule is Cc1cn2nc(C(=O)Nc3ccc(Cl)c(C(F)(F)F)c3)ccc2n1. The molecule has 124 valence electrons. The van der Waals surface area contributed by atoms with Crippen molar-refractivity contribution in [3.8, 4) is 0 Å². The van der Waals surface area contributed by atoms with Crippen LogP contribution in [-0.4, -0.2) is 20.5 Å². The van der Waals surface area contributed by atoms with E-state index in [9.17, 15) is 18.0 Å². The van der Waals surface area contributed by atoms with Crippen molar-refractivity contribution in [2.45, 2.75) is 13.1 Å². The van der Waals surface area contributed by atoms with Gasteiger partial charge in [-0.1, -0.05) is 11.6 Å². The topological polar surface area (TPSA) is 59.3 Å². The lowest BCUT2D eigenvalue weighted by Crippen LogP contribution is -2.16.